The first-order valence-corrected chi connectivity index (χ1v) is 6.00. The van der Waals surface area contributed by atoms with E-state index in [2.05, 4.69) is 17.4 Å². The van der Waals surface area contributed by atoms with Gasteiger partial charge in [-0.15, -0.1) is 0 Å². The van der Waals surface area contributed by atoms with Gasteiger partial charge in [-0.05, 0) is 48.4 Å². The van der Waals surface area contributed by atoms with Gasteiger partial charge in [-0.1, -0.05) is 12.1 Å². The topological polar surface area (TPSA) is 47.3 Å². The van der Waals surface area contributed by atoms with Crippen LogP contribution in [0, 0.1) is 0 Å². The lowest BCUT2D eigenvalue weighted by Crippen LogP contribution is -2.04. The summed E-state index contributed by atoms with van der Waals surface area (Å²) in [6.07, 6.45) is 0.981. The van der Waals surface area contributed by atoms with Crippen molar-refractivity contribution in [2.45, 2.75) is 6.42 Å². The van der Waals surface area contributed by atoms with Crippen molar-refractivity contribution >= 4 is 11.4 Å². The van der Waals surface area contributed by atoms with E-state index in [1.54, 1.807) is 7.11 Å². The van der Waals surface area contributed by atoms with E-state index < -0.39 is 0 Å². The average Bonchev–Trinajstić information content (AvgIpc) is 2.42. The molecule has 94 valence electrons. The maximum Gasteiger partial charge on any atom is 0.118 e. The van der Waals surface area contributed by atoms with Crippen LogP contribution in [0.15, 0.2) is 48.5 Å². The minimum absolute atomic E-state index is 0.788. The van der Waals surface area contributed by atoms with Gasteiger partial charge in [0.05, 0.1) is 7.11 Å². The monoisotopic (exact) mass is 242 g/mol. The Kier molecular flexibility index (Phi) is 4.07. The molecule has 0 radical (unpaired) electrons. The van der Waals surface area contributed by atoms with Crippen molar-refractivity contribution in [2.75, 3.05) is 24.7 Å². The number of nitrogens with one attached hydrogen (secondary N) is 1. The van der Waals surface area contributed by atoms with Crippen molar-refractivity contribution in [1.82, 2.24) is 0 Å². The van der Waals surface area contributed by atoms with Crippen LogP contribution in [-0.2, 0) is 6.42 Å². The Morgan fingerprint density at radius 1 is 1.00 bits per heavy atom. The number of nitrogen functional groups attached to an aromatic ring is 1. The van der Waals surface area contributed by atoms with Crippen molar-refractivity contribution in [1.29, 1.82) is 0 Å². The Morgan fingerprint density at radius 2 is 1.67 bits per heavy atom. The number of anilines is 2. The minimum Gasteiger partial charge on any atom is -0.497 e. The first-order chi connectivity index (χ1) is 8.78. The Morgan fingerprint density at radius 3 is 2.28 bits per heavy atom. The number of methoxy groups -OCH3 is 1. The molecule has 0 fully saturated rings. The predicted octanol–water partition coefficient (Wildman–Crippen LogP) is 2.93. The summed E-state index contributed by atoms with van der Waals surface area (Å²) in [4.78, 5) is 0. The fraction of sp³-hybridized carbons (Fsp3) is 0.200. The van der Waals surface area contributed by atoms with Gasteiger partial charge in [0.25, 0.3) is 0 Å². The molecule has 0 unspecified atom stereocenters. The predicted molar refractivity (Wildman–Crippen MR) is 76.0 cm³/mol. The highest BCUT2D eigenvalue weighted by Crippen LogP contribution is 2.13. The number of benzene rings is 2. The summed E-state index contributed by atoms with van der Waals surface area (Å²) < 4.78 is 5.13. The molecule has 0 saturated heterocycles. The third kappa shape index (κ3) is 3.42. The molecular formula is C15H18N2O. The standard InChI is InChI=1S/C15H18N2O/c1-18-15-8-2-12(3-9-15)10-11-17-14-6-4-13(16)5-7-14/h2-9,17H,10-11,16H2,1H3. The zero-order valence-electron chi connectivity index (χ0n) is 10.5. The van der Waals surface area contributed by atoms with Crippen LogP contribution in [0.4, 0.5) is 11.4 Å². The maximum atomic E-state index is 5.63. The quantitative estimate of drug-likeness (QED) is 0.792. The third-order valence-corrected chi connectivity index (χ3v) is 2.81. The van der Waals surface area contributed by atoms with Gasteiger partial charge in [-0.2, -0.15) is 0 Å². The molecule has 0 aliphatic heterocycles. The van der Waals surface area contributed by atoms with Crippen molar-refractivity contribution in [3.63, 3.8) is 0 Å². The molecule has 2 aromatic rings. The van der Waals surface area contributed by atoms with Crippen LogP contribution in [0.1, 0.15) is 5.56 Å². The molecule has 2 rings (SSSR count). The zero-order chi connectivity index (χ0) is 12.8. The van der Waals surface area contributed by atoms with Crippen molar-refractivity contribution in [3.8, 4) is 5.75 Å². The second-order valence-corrected chi connectivity index (χ2v) is 4.15. The lowest BCUT2D eigenvalue weighted by molar-refractivity contribution is 0.414. The summed E-state index contributed by atoms with van der Waals surface area (Å²) in [5.74, 6) is 0.894. The molecule has 0 aromatic heterocycles. The molecule has 0 bridgehead atoms. The Bertz CT molecular complexity index is 477. The van der Waals surface area contributed by atoms with Crippen LogP contribution in [0.3, 0.4) is 0 Å². The number of nitrogens with two attached hydrogens (primary N) is 1. The first kappa shape index (κ1) is 12.3. The van der Waals surface area contributed by atoms with Gasteiger partial charge < -0.3 is 15.8 Å². The van der Waals surface area contributed by atoms with Crippen molar-refractivity contribution in [3.05, 3.63) is 54.1 Å². The molecular weight excluding hydrogens is 224 g/mol. The zero-order valence-corrected chi connectivity index (χ0v) is 10.5. The van der Waals surface area contributed by atoms with Crippen LogP contribution in [0.25, 0.3) is 0 Å². The molecule has 0 amide bonds. The largest absolute Gasteiger partial charge is 0.497 e. The molecule has 0 heterocycles. The molecule has 0 atom stereocenters. The number of hydrogen-bond acceptors (Lipinski definition) is 3. The Hall–Kier alpha value is -2.16. The summed E-state index contributed by atoms with van der Waals surface area (Å²) >= 11 is 0. The van der Waals surface area contributed by atoms with E-state index >= 15 is 0 Å². The van der Waals surface area contributed by atoms with E-state index in [9.17, 15) is 0 Å². The summed E-state index contributed by atoms with van der Waals surface area (Å²) in [6, 6.07) is 15.9. The molecule has 0 spiro atoms. The van der Waals surface area contributed by atoms with Crippen molar-refractivity contribution in [2.24, 2.45) is 0 Å². The second-order valence-electron chi connectivity index (χ2n) is 4.15. The maximum absolute atomic E-state index is 5.63. The van der Waals surface area contributed by atoms with Crippen LogP contribution >= 0.6 is 0 Å². The van der Waals surface area contributed by atoms with Crippen LogP contribution in [0.5, 0.6) is 5.75 Å². The van der Waals surface area contributed by atoms with Gasteiger partial charge in [0.2, 0.25) is 0 Å². The average molecular weight is 242 g/mol. The number of rotatable bonds is 5. The SMILES string of the molecule is COc1ccc(CCNc2ccc(N)cc2)cc1. The first-order valence-electron chi connectivity index (χ1n) is 6.00. The van der Waals surface area contributed by atoms with Gasteiger partial charge >= 0.3 is 0 Å². The molecule has 0 saturated carbocycles. The van der Waals surface area contributed by atoms with Crippen LogP contribution in [-0.4, -0.2) is 13.7 Å². The molecule has 2 aromatic carbocycles. The molecule has 3 N–H and O–H groups in total. The highest BCUT2D eigenvalue weighted by atomic mass is 16.5. The fourth-order valence-corrected chi connectivity index (χ4v) is 1.74. The van der Waals surface area contributed by atoms with Crippen molar-refractivity contribution < 1.29 is 4.74 Å². The van der Waals surface area contributed by atoms with Crippen LogP contribution < -0.4 is 15.8 Å². The lowest BCUT2D eigenvalue weighted by atomic mass is 10.1. The van der Waals surface area contributed by atoms with Gasteiger partial charge in [-0.3, -0.25) is 0 Å². The third-order valence-electron chi connectivity index (χ3n) is 2.81. The van der Waals surface area contributed by atoms with E-state index in [0.717, 1.165) is 30.1 Å². The molecule has 3 heteroatoms. The normalized spacial score (nSPS) is 10.1. The fourth-order valence-electron chi connectivity index (χ4n) is 1.74. The smallest absolute Gasteiger partial charge is 0.118 e. The van der Waals surface area contributed by atoms with Crippen LogP contribution in [0.2, 0.25) is 0 Å². The number of hydrogen-bond donors (Lipinski definition) is 2. The highest BCUT2D eigenvalue weighted by Gasteiger charge is 1.95. The molecule has 0 aliphatic carbocycles. The number of ether oxygens (including phenoxy) is 1. The van der Waals surface area contributed by atoms with E-state index in [1.807, 2.05) is 36.4 Å². The van der Waals surface area contributed by atoms with E-state index in [0.29, 0.717) is 0 Å². The molecule has 18 heavy (non-hydrogen) atoms. The molecule has 3 nitrogen and oxygen atoms in total. The van der Waals surface area contributed by atoms with Gasteiger partial charge in [0, 0.05) is 17.9 Å². The lowest BCUT2D eigenvalue weighted by Gasteiger charge is -2.07. The summed E-state index contributed by atoms with van der Waals surface area (Å²) in [5.41, 5.74) is 8.81. The van der Waals surface area contributed by atoms with Gasteiger partial charge in [0.1, 0.15) is 5.75 Å². The Balaban J connectivity index is 1.82. The van der Waals surface area contributed by atoms with E-state index in [4.69, 9.17) is 10.5 Å². The van der Waals surface area contributed by atoms with E-state index in [-0.39, 0.29) is 0 Å². The summed E-state index contributed by atoms with van der Waals surface area (Å²) in [7, 11) is 1.68. The Labute approximate surface area is 108 Å². The van der Waals surface area contributed by atoms with Gasteiger partial charge in [-0.25, -0.2) is 0 Å². The summed E-state index contributed by atoms with van der Waals surface area (Å²) in [5, 5.41) is 3.36. The minimum atomic E-state index is 0.788. The van der Waals surface area contributed by atoms with E-state index in [1.165, 1.54) is 5.56 Å². The molecule has 0 aliphatic rings. The second kappa shape index (κ2) is 5.96. The van der Waals surface area contributed by atoms with Gasteiger partial charge in [0.15, 0.2) is 0 Å². The summed E-state index contributed by atoms with van der Waals surface area (Å²) in [6.45, 7) is 0.899. The highest BCUT2D eigenvalue weighted by molar-refractivity contribution is 5.51.